The van der Waals surface area contributed by atoms with Crippen molar-refractivity contribution < 1.29 is 0 Å². The molecule has 0 rings (SSSR count). The Morgan fingerprint density at radius 2 is 2.07 bits per heavy atom. The van der Waals surface area contributed by atoms with E-state index in [2.05, 4.69) is 33.4 Å². The predicted molar refractivity (Wildman–Crippen MR) is 65.1 cm³/mol. The Morgan fingerprint density at radius 3 is 2.43 bits per heavy atom. The summed E-state index contributed by atoms with van der Waals surface area (Å²) in [6.45, 7) is 12.2. The first-order chi connectivity index (χ1) is 6.44. The summed E-state index contributed by atoms with van der Waals surface area (Å²) in [6, 6.07) is 0.195. The number of allylic oxidation sites excluding steroid dienone is 5. The minimum absolute atomic E-state index is 0.133. The van der Waals surface area contributed by atoms with Gasteiger partial charge in [-0.15, -0.1) is 0 Å². The van der Waals surface area contributed by atoms with E-state index >= 15 is 0 Å². The standard InChI is InChI=1S/C13H23N/c1-6-8-12(9-7-2)10-13(4,5)11(3)14/h6-9,11H,1,10,14H2,2-5H3/b9-7-,12-8+. The lowest BCUT2D eigenvalue weighted by molar-refractivity contribution is 0.301. The zero-order chi connectivity index (χ0) is 11.2. The van der Waals surface area contributed by atoms with Crippen molar-refractivity contribution in [2.75, 3.05) is 0 Å². The van der Waals surface area contributed by atoms with Crippen molar-refractivity contribution in [3.05, 3.63) is 36.5 Å². The van der Waals surface area contributed by atoms with Crippen molar-refractivity contribution >= 4 is 0 Å². The molecule has 0 radical (unpaired) electrons. The summed E-state index contributed by atoms with van der Waals surface area (Å²) in [5.41, 5.74) is 7.35. The monoisotopic (exact) mass is 193 g/mol. The van der Waals surface area contributed by atoms with E-state index in [1.807, 2.05) is 25.2 Å². The SMILES string of the molecule is C=C/C=C(\C=C/C)CC(C)(C)C(C)N. The Hall–Kier alpha value is -0.820. The fraction of sp³-hybridized carbons (Fsp3) is 0.538. The van der Waals surface area contributed by atoms with Gasteiger partial charge in [0.2, 0.25) is 0 Å². The van der Waals surface area contributed by atoms with Gasteiger partial charge >= 0.3 is 0 Å². The van der Waals surface area contributed by atoms with Crippen LogP contribution in [-0.2, 0) is 0 Å². The molecule has 0 aliphatic rings. The van der Waals surface area contributed by atoms with Crippen LogP contribution >= 0.6 is 0 Å². The van der Waals surface area contributed by atoms with Crippen molar-refractivity contribution in [3.63, 3.8) is 0 Å². The van der Waals surface area contributed by atoms with Crippen LogP contribution in [0.25, 0.3) is 0 Å². The van der Waals surface area contributed by atoms with Gasteiger partial charge in [-0.1, -0.05) is 44.7 Å². The fourth-order valence-corrected chi connectivity index (χ4v) is 1.23. The Kier molecular flexibility index (Phi) is 5.47. The molecule has 1 heteroatoms. The molecule has 0 bridgehead atoms. The van der Waals surface area contributed by atoms with E-state index in [4.69, 9.17) is 5.73 Å². The molecule has 0 spiro atoms. The van der Waals surface area contributed by atoms with Gasteiger partial charge in [0.1, 0.15) is 0 Å². The average Bonchev–Trinajstić information content (AvgIpc) is 2.04. The minimum Gasteiger partial charge on any atom is -0.327 e. The summed E-state index contributed by atoms with van der Waals surface area (Å²) < 4.78 is 0. The van der Waals surface area contributed by atoms with E-state index in [0.717, 1.165) is 6.42 Å². The van der Waals surface area contributed by atoms with Crippen LogP contribution in [0.15, 0.2) is 36.5 Å². The number of nitrogens with two attached hydrogens (primary N) is 1. The molecule has 0 saturated heterocycles. The zero-order valence-electron chi connectivity index (χ0n) is 9.88. The molecule has 0 aliphatic carbocycles. The average molecular weight is 193 g/mol. The van der Waals surface area contributed by atoms with Gasteiger partial charge in [-0.05, 0) is 31.3 Å². The van der Waals surface area contributed by atoms with Crippen LogP contribution in [0.5, 0.6) is 0 Å². The molecule has 0 aromatic carbocycles. The second-order valence-electron chi connectivity index (χ2n) is 4.43. The summed E-state index contributed by atoms with van der Waals surface area (Å²) in [5, 5.41) is 0. The van der Waals surface area contributed by atoms with Crippen LogP contribution in [0, 0.1) is 5.41 Å². The summed E-state index contributed by atoms with van der Waals surface area (Å²) in [4.78, 5) is 0. The Balaban J connectivity index is 4.60. The highest BCUT2D eigenvalue weighted by atomic mass is 14.7. The van der Waals surface area contributed by atoms with E-state index < -0.39 is 0 Å². The molecule has 0 amide bonds. The second-order valence-corrected chi connectivity index (χ2v) is 4.43. The van der Waals surface area contributed by atoms with E-state index in [0.29, 0.717) is 0 Å². The molecule has 1 nitrogen and oxygen atoms in total. The first-order valence-corrected chi connectivity index (χ1v) is 5.14. The number of rotatable bonds is 5. The van der Waals surface area contributed by atoms with Gasteiger partial charge in [0.15, 0.2) is 0 Å². The highest BCUT2D eigenvalue weighted by molar-refractivity contribution is 5.24. The van der Waals surface area contributed by atoms with Gasteiger partial charge in [0.25, 0.3) is 0 Å². The van der Waals surface area contributed by atoms with Gasteiger partial charge in [-0.25, -0.2) is 0 Å². The molecule has 0 aromatic rings. The highest BCUT2D eigenvalue weighted by Crippen LogP contribution is 2.28. The Morgan fingerprint density at radius 1 is 1.50 bits per heavy atom. The fourth-order valence-electron chi connectivity index (χ4n) is 1.23. The first-order valence-electron chi connectivity index (χ1n) is 5.14. The topological polar surface area (TPSA) is 26.0 Å². The lowest BCUT2D eigenvalue weighted by atomic mass is 9.79. The van der Waals surface area contributed by atoms with Crippen LogP contribution in [0.4, 0.5) is 0 Å². The van der Waals surface area contributed by atoms with Crippen molar-refractivity contribution in [1.82, 2.24) is 0 Å². The lowest BCUT2D eigenvalue weighted by Gasteiger charge is -2.29. The lowest BCUT2D eigenvalue weighted by Crippen LogP contribution is -2.34. The van der Waals surface area contributed by atoms with Gasteiger partial charge < -0.3 is 5.73 Å². The van der Waals surface area contributed by atoms with E-state index in [9.17, 15) is 0 Å². The Bertz CT molecular complexity index is 232. The van der Waals surface area contributed by atoms with Gasteiger partial charge in [0, 0.05) is 6.04 Å². The maximum atomic E-state index is 5.93. The maximum absolute atomic E-state index is 5.93. The summed E-state index contributed by atoms with van der Waals surface area (Å²) in [6.07, 6.45) is 9.02. The predicted octanol–water partition coefficient (Wildman–Crippen LogP) is 3.44. The zero-order valence-corrected chi connectivity index (χ0v) is 9.88. The normalized spacial score (nSPS) is 15.9. The molecule has 2 N–H and O–H groups in total. The number of hydrogen-bond donors (Lipinski definition) is 1. The van der Waals surface area contributed by atoms with E-state index in [1.54, 1.807) is 0 Å². The van der Waals surface area contributed by atoms with Crippen LogP contribution in [-0.4, -0.2) is 6.04 Å². The first kappa shape index (κ1) is 13.2. The van der Waals surface area contributed by atoms with Gasteiger partial charge in [0.05, 0.1) is 0 Å². The molecular weight excluding hydrogens is 170 g/mol. The molecule has 1 atom stereocenters. The van der Waals surface area contributed by atoms with Crippen LogP contribution in [0.2, 0.25) is 0 Å². The van der Waals surface area contributed by atoms with Gasteiger partial charge in [-0.2, -0.15) is 0 Å². The molecule has 0 aliphatic heterocycles. The minimum atomic E-state index is 0.133. The van der Waals surface area contributed by atoms with Crippen molar-refractivity contribution in [1.29, 1.82) is 0 Å². The molecule has 14 heavy (non-hydrogen) atoms. The molecule has 0 saturated carbocycles. The quantitative estimate of drug-likeness (QED) is 0.665. The molecule has 0 aromatic heterocycles. The largest absolute Gasteiger partial charge is 0.327 e. The molecule has 0 heterocycles. The molecular formula is C13H23N. The van der Waals surface area contributed by atoms with E-state index in [-0.39, 0.29) is 11.5 Å². The van der Waals surface area contributed by atoms with Crippen LogP contribution in [0.1, 0.15) is 34.1 Å². The third-order valence-electron chi connectivity index (χ3n) is 2.61. The number of hydrogen-bond acceptors (Lipinski definition) is 1. The van der Waals surface area contributed by atoms with Gasteiger partial charge in [-0.3, -0.25) is 0 Å². The maximum Gasteiger partial charge on any atom is 0.00649 e. The summed E-state index contributed by atoms with van der Waals surface area (Å²) in [5.74, 6) is 0. The third kappa shape index (κ3) is 4.43. The van der Waals surface area contributed by atoms with Crippen LogP contribution in [0.3, 0.4) is 0 Å². The smallest absolute Gasteiger partial charge is 0.00649 e. The second kappa shape index (κ2) is 5.82. The summed E-state index contributed by atoms with van der Waals surface area (Å²) >= 11 is 0. The molecule has 0 fully saturated rings. The van der Waals surface area contributed by atoms with E-state index in [1.165, 1.54) is 5.57 Å². The third-order valence-corrected chi connectivity index (χ3v) is 2.61. The van der Waals surface area contributed by atoms with Crippen LogP contribution < -0.4 is 5.73 Å². The van der Waals surface area contributed by atoms with Crippen molar-refractivity contribution in [2.24, 2.45) is 11.1 Å². The Labute approximate surface area is 88.4 Å². The summed E-state index contributed by atoms with van der Waals surface area (Å²) in [7, 11) is 0. The van der Waals surface area contributed by atoms with Crippen molar-refractivity contribution in [2.45, 2.75) is 40.2 Å². The molecule has 1 unspecified atom stereocenters. The highest BCUT2D eigenvalue weighted by Gasteiger charge is 2.23. The van der Waals surface area contributed by atoms with Crippen molar-refractivity contribution in [3.8, 4) is 0 Å². The molecule has 80 valence electrons.